The van der Waals surface area contributed by atoms with Gasteiger partial charge in [0.25, 0.3) is 0 Å². The van der Waals surface area contributed by atoms with Gasteiger partial charge in [0.15, 0.2) is 10.9 Å². The minimum atomic E-state index is -0.000296. The van der Waals surface area contributed by atoms with Crippen molar-refractivity contribution in [3.8, 4) is 0 Å². The Morgan fingerprint density at radius 3 is 2.67 bits per heavy atom. The highest BCUT2D eigenvalue weighted by Crippen LogP contribution is 2.32. The lowest BCUT2D eigenvalue weighted by Gasteiger charge is -2.31. The number of rotatable bonds is 4. The van der Waals surface area contributed by atoms with Crippen molar-refractivity contribution in [1.82, 2.24) is 19.9 Å². The van der Waals surface area contributed by atoms with Crippen LogP contribution in [0.3, 0.4) is 0 Å². The zero-order chi connectivity index (χ0) is 17.1. The first-order valence-corrected chi connectivity index (χ1v) is 8.83. The predicted octanol–water partition coefficient (Wildman–Crippen LogP) is 3.19. The molecule has 1 saturated heterocycles. The van der Waals surface area contributed by atoms with E-state index in [9.17, 15) is 4.79 Å². The minimum absolute atomic E-state index is 0.000296. The monoisotopic (exact) mass is 343 g/mol. The Labute approximate surface area is 145 Å². The van der Waals surface area contributed by atoms with Gasteiger partial charge in [0.2, 0.25) is 5.91 Å². The fourth-order valence-electron chi connectivity index (χ4n) is 2.87. The van der Waals surface area contributed by atoms with Crippen LogP contribution in [0.2, 0.25) is 0 Å². The molecule has 0 aromatic carbocycles. The van der Waals surface area contributed by atoms with E-state index in [2.05, 4.69) is 33.8 Å². The van der Waals surface area contributed by atoms with Gasteiger partial charge in [-0.1, -0.05) is 6.58 Å². The van der Waals surface area contributed by atoms with Crippen molar-refractivity contribution in [2.45, 2.75) is 32.6 Å². The average molecular weight is 343 g/mol. The number of likely N-dealkylation sites (tertiary alicyclic amines) is 1. The lowest BCUT2D eigenvalue weighted by molar-refractivity contribution is -0.127. The van der Waals surface area contributed by atoms with Crippen LogP contribution in [0.4, 0.5) is 10.9 Å². The Morgan fingerprint density at radius 2 is 2.04 bits per heavy atom. The lowest BCUT2D eigenvalue weighted by atomic mass is 9.93. The average Bonchev–Trinajstić information content (AvgIpc) is 2.92. The summed E-state index contributed by atoms with van der Waals surface area (Å²) in [6.45, 7) is 9.06. The van der Waals surface area contributed by atoms with Crippen LogP contribution in [0, 0.1) is 13.8 Å². The number of aryl methyl sites for hydroxylation is 2. The Kier molecular flexibility index (Phi) is 4.89. The van der Waals surface area contributed by atoms with E-state index < -0.39 is 0 Å². The largest absolute Gasteiger partial charge is 0.339 e. The molecule has 0 spiro atoms. The third-order valence-electron chi connectivity index (χ3n) is 4.35. The number of amides is 1. The topological polar surface area (TPSA) is 71.0 Å². The molecule has 1 aliphatic rings. The predicted molar refractivity (Wildman–Crippen MR) is 95.7 cm³/mol. The highest BCUT2D eigenvalue weighted by atomic mass is 32.1. The van der Waals surface area contributed by atoms with E-state index >= 15 is 0 Å². The molecule has 3 rings (SSSR count). The Balaban J connectivity index is 1.75. The van der Waals surface area contributed by atoms with Crippen LogP contribution in [0.25, 0.3) is 0 Å². The van der Waals surface area contributed by atoms with Crippen LogP contribution in [-0.2, 0) is 4.79 Å². The van der Waals surface area contributed by atoms with Crippen LogP contribution in [0.15, 0.2) is 25.0 Å². The minimum Gasteiger partial charge on any atom is -0.339 e. The number of anilines is 2. The van der Waals surface area contributed by atoms with Crippen molar-refractivity contribution in [2.24, 2.45) is 0 Å². The molecule has 0 radical (unpaired) electrons. The molecular weight excluding hydrogens is 322 g/mol. The Bertz CT molecular complexity index is 730. The van der Waals surface area contributed by atoms with E-state index in [1.807, 2.05) is 11.8 Å². The van der Waals surface area contributed by atoms with E-state index in [1.54, 1.807) is 23.7 Å². The number of carbonyl (C=O) groups is 1. The van der Waals surface area contributed by atoms with Gasteiger partial charge in [-0.3, -0.25) is 9.78 Å². The van der Waals surface area contributed by atoms with Gasteiger partial charge in [0, 0.05) is 36.3 Å². The molecular formula is C17H21N5OS. The van der Waals surface area contributed by atoms with Crippen LogP contribution in [0.1, 0.15) is 35.0 Å². The number of nitrogens with one attached hydrogen (secondary N) is 1. The molecule has 0 unspecified atom stereocenters. The molecule has 0 saturated carbocycles. The van der Waals surface area contributed by atoms with Gasteiger partial charge in [0.05, 0.1) is 11.4 Å². The van der Waals surface area contributed by atoms with Gasteiger partial charge >= 0.3 is 0 Å². The second kappa shape index (κ2) is 7.09. The normalized spacial score (nSPS) is 15.3. The molecule has 1 fully saturated rings. The number of thiazole rings is 1. The summed E-state index contributed by atoms with van der Waals surface area (Å²) in [6, 6.07) is 0. The number of aromatic nitrogens is 3. The van der Waals surface area contributed by atoms with E-state index in [1.165, 1.54) is 11.0 Å². The van der Waals surface area contributed by atoms with E-state index in [-0.39, 0.29) is 11.8 Å². The number of piperidine rings is 1. The smallest absolute Gasteiger partial charge is 0.245 e. The second-order valence-corrected chi connectivity index (χ2v) is 7.08. The number of hydrogen-bond acceptors (Lipinski definition) is 6. The zero-order valence-corrected chi connectivity index (χ0v) is 14.8. The summed E-state index contributed by atoms with van der Waals surface area (Å²) in [5, 5.41) is 4.15. The van der Waals surface area contributed by atoms with Crippen molar-refractivity contribution in [3.63, 3.8) is 0 Å². The number of nitrogens with zero attached hydrogens (tertiary/aromatic N) is 4. The van der Waals surface area contributed by atoms with Crippen LogP contribution < -0.4 is 5.32 Å². The molecule has 2 aromatic heterocycles. The molecule has 0 bridgehead atoms. The standard InChI is InChI=1S/C17H21N5OS/c1-4-14(23)22-9-5-13(6-10-22)15-16(19-8-7-18-15)21-17-20-11(2)12(3)24-17/h4,7-8,13H,1,5-6,9-10H2,2-3H3,(H,19,20,21). The second-order valence-electron chi connectivity index (χ2n) is 5.88. The van der Waals surface area contributed by atoms with Crippen molar-refractivity contribution < 1.29 is 4.79 Å². The first-order valence-electron chi connectivity index (χ1n) is 8.01. The molecule has 2 aromatic rings. The first kappa shape index (κ1) is 16.6. The van der Waals surface area contributed by atoms with Gasteiger partial charge in [-0.05, 0) is 32.8 Å². The number of hydrogen-bond donors (Lipinski definition) is 1. The van der Waals surface area contributed by atoms with Crippen LogP contribution in [-0.4, -0.2) is 38.8 Å². The highest BCUT2D eigenvalue weighted by molar-refractivity contribution is 7.15. The molecule has 126 valence electrons. The molecule has 24 heavy (non-hydrogen) atoms. The summed E-state index contributed by atoms with van der Waals surface area (Å²) >= 11 is 1.62. The Morgan fingerprint density at radius 1 is 1.33 bits per heavy atom. The van der Waals surface area contributed by atoms with E-state index in [4.69, 9.17) is 0 Å². The summed E-state index contributed by atoms with van der Waals surface area (Å²) in [5.74, 6) is 1.05. The van der Waals surface area contributed by atoms with Gasteiger partial charge in [-0.2, -0.15) is 0 Å². The van der Waals surface area contributed by atoms with Crippen molar-refractivity contribution in [1.29, 1.82) is 0 Å². The molecule has 6 nitrogen and oxygen atoms in total. The summed E-state index contributed by atoms with van der Waals surface area (Å²) in [4.78, 5) is 28.3. The van der Waals surface area contributed by atoms with Crippen molar-refractivity contribution in [2.75, 3.05) is 18.4 Å². The molecule has 0 atom stereocenters. The first-order chi connectivity index (χ1) is 11.6. The molecule has 3 heterocycles. The number of carbonyl (C=O) groups excluding carboxylic acids is 1. The van der Waals surface area contributed by atoms with Gasteiger partial charge in [-0.15, -0.1) is 11.3 Å². The molecule has 1 N–H and O–H groups in total. The van der Waals surface area contributed by atoms with E-state index in [0.29, 0.717) is 0 Å². The van der Waals surface area contributed by atoms with E-state index in [0.717, 1.165) is 48.3 Å². The van der Waals surface area contributed by atoms with Gasteiger partial charge < -0.3 is 10.2 Å². The Hall–Kier alpha value is -2.28. The maximum atomic E-state index is 11.7. The fraction of sp³-hybridized carbons (Fsp3) is 0.412. The molecule has 1 aliphatic heterocycles. The molecule has 7 heteroatoms. The fourth-order valence-corrected chi connectivity index (χ4v) is 3.69. The summed E-state index contributed by atoms with van der Waals surface area (Å²) in [7, 11) is 0. The lowest BCUT2D eigenvalue weighted by Crippen LogP contribution is -2.37. The zero-order valence-electron chi connectivity index (χ0n) is 14.0. The van der Waals surface area contributed by atoms with Crippen molar-refractivity contribution >= 4 is 28.2 Å². The molecule has 1 amide bonds. The third kappa shape index (κ3) is 3.46. The highest BCUT2D eigenvalue weighted by Gasteiger charge is 2.26. The SMILES string of the molecule is C=CC(=O)N1CCC(c2nccnc2Nc2nc(C)c(C)s2)CC1. The summed E-state index contributed by atoms with van der Waals surface area (Å²) in [5.41, 5.74) is 1.98. The maximum absolute atomic E-state index is 11.7. The summed E-state index contributed by atoms with van der Waals surface area (Å²) in [6.07, 6.45) is 6.55. The quantitative estimate of drug-likeness (QED) is 0.863. The maximum Gasteiger partial charge on any atom is 0.245 e. The van der Waals surface area contributed by atoms with Gasteiger partial charge in [0.1, 0.15) is 0 Å². The third-order valence-corrected chi connectivity index (χ3v) is 5.34. The van der Waals surface area contributed by atoms with Crippen LogP contribution in [0.5, 0.6) is 0 Å². The van der Waals surface area contributed by atoms with Crippen LogP contribution >= 0.6 is 11.3 Å². The van der Waals surface area contributed by atoms with Gasteiger partial charge in [-0.25, -0.2) is 9.97 Å². The summed E-state index contributed by atoms with van der Waals surface area (Å²) < 4.78 is 0. The molecule has 0 aliphatic carbocycles. The van der Waals surface area contributed by atoms with Crippen molar-refractivity contribution in [3.05, 3.63) is 41.3 Å².